The molecule has 0 radical (unpaired) electrons. The van der Waals surface area contributed by atoms with Gasteiger partial charge in [0.1, 0.15) is 0 Å². The van der Waals surface area contributed by atoms with E-state index in [0.29, 0.717) is 17.9 Å². The molecule has 0 aliphatic heterocycles. The molecular weight excluding hydrogens is 226 g/mol. The Labute approximate surface area is 98.9 Å². The lowest BCUT2D eigenvalue weighted by Gasteiger charge is -2.23. The highest BCUT2D eigenvalue weighted by atomic mass is 35.5. The minimum atomic E-state index is -0.551. The van der Waals surface area contributed by atoms with Crippen molar-refractivity contribution in [1.82, 2.24) is 0 Å². The summed E-state index contributed by atoms with van der Waals surface area (Å²) in [7, 11) is 0. The topological polar surface area (TPSA) is 43.1 Å². The van der Waals surface area contributed by atoms with Crippen molar-refractivity contribution in [3.63, 3.8) is 0 Å². The second kappa shape index (κ2) is 4.66. The predicted molar refractivity (Wildman–Crippen MR) is 63.3 cm³/mol. The van der Waals surface area contributed by atoms with E-state index in [9.17, 15) is 10.1 Å². The number of nitrogens with zero attached hydrogens (tertiary/aromatic N) is 1. The van der Waals surface area contributed by atoms with Gasteiger partial charge >= 0.3 is 0 Å². The molecule has 0 aromatic heterocycles. The molecule has 0 heterocycles. The maximum Gasteiger partial charge on any atom is 0.223 e. The van der Waals surface area contributed by atoms with Gasteiger partial charge in [-0.15, -0.1) is 0 Å². The number of allylic oxidation sites excluding steroid dienone is 1. The van der Waals surface area contributed by atoms with Gasteiger partial charge in [0.2, 0.25) is 6.04 Å². The first-order valence-electron chi connectivity index (χ1n) is 5.23. The van der Waals surface area contributed by atoms with Crippen LogP contribution < -0.4 is 0 Å². The third-order valence-electron chi connectivity index (χ3n) is 2.97. The minimum Gasteiger partial charge on any atom is -0.264 e. The molecule has 2 atom stereocenters. The summed E-state index contributed by atoms with van der Waals surface area (Å²) in [5.41, 5.74) is 0.884. The molecule has 1 aliphatic carbocycles. The number of hydrogen-bond donors (Lipinski definition) is 0. The van der Waals surface area contributed by atoms with Crippen molar-refractivity contribution in [2.75, 3.05) is 0 Å². The Hall–Kier alpha value is -1.35. The van der Waals surface area contributed by atoms with E-state index in [1.807, 2.05) is 30.4 Å². The van der Waals surface area contributed by atoms with Crippen molar-refractivity contribution in [2.45, 2.75) is 24.8 Å². The van der Waals surface area contributed by atoms with Gasteiger partial charge in [0.15, 0.2) is 0 Å². The SMILES string of the molecule is O=[N+]([O-])[C@@H]1CC=CC[C@H]1c1ccccc1Cl. The van der Waals surface area contributed by atoms with E-state index in [2.05, 4.69) is 0 Å². The molecule has 1 aromatic carbocycles. The van der Waals surface area contributed by atoms with Crippen molar-refractivity contribution < 1.29 is 4.92 Å². The molecule has 16 heavy (non-hydrogen) atoms. The zero-order valence-corrected chi connectivity index (χ0v) is 9.43. The predicted octanol–water partition coefficient (Wildman–Crippen LogP) is 3.42. The lowest BCUT2D eigenvalue weighted by molar-refractivity contribution is -0.526. The van der Waals surface area contributed by atoms with Crippen LogP contribution in [0.5, 0.6) is 0 Å². The van der Waals surface area contributed by atoms with Crippen LogP contribution in [0.1, 0.15) is 24.3 Å². The number of rotatable bonds is 2. The van der Waals surface area contributed by atoms with E-state index in [4.69, 9.17) is 11.6 Å². The van der Waals surface area contributed by atoms with Gasteiger partial charge < -0.3 is 0 Å². The van der Waals surface area contributed by atoms with Gasteiger partial charge in [-0.05, 0) is 18.1 Å². The van der Waals surface area contributed by atoms with Gasteiger partial charge in [-0.25, -0.2) is 0 Å². The fraction of sp³-hybridized carbons (Fsp3) is 0.333. The van der Waals surface area contributed by atoms with Crippen LogP contribution in [0.3, 0.4) is 0 Å². The Balaban J connectivity index is 2.35. The Morgan fingerprint density at radius 1 is 1.25 bits per heavy atom. The number of hydrogen-bond acceptors (Lipinski definition) is 2. The molecular formula is C12H12ClNO2. The first-order valence-corrected chi connectivity index (χ1v) is 5.61. The van der Waals surface area contributed by atoms with Crippen LogP contribution in [0.4, 0.5) is 0 Å². The first-order chi connectivity index (χ1) is 7.70. The first kappa shape index (κ1) is 11.1. The minimum absolute atomic E-state index is 0.103. The van der Waals surface area contributed by atoms with Crippen LogP contribution >= 0.6 is 11.6 Å². The van der Waals surface area contributed by atoms with Gasteiger partial charge in [-0.1, -0.05) is 42.0 Å². The quantitative estimate of drug-likeness (QED) is 0.449. The van der Waals surface area contributed by atoms with Crippen molar-refractivity contribution in [2.24, 2.45) is 0 Å². The highest BCUT2D eigenvalue weighted by molar-refractivity contribution is 6.31. The number of nitro groups is 1. The van der Waals surface area contributed by atoms with Gasteiger partial charge in [-0.3, -0.25) is 10.1 Å². The Morgan fingerprint density at radius 2 is 1.94 bits per heavy atom. The molecule has 0 saturated heterocycles. The van der Waals surface area contributed by atoms with Gasteiger partial charge in [0.05, 0.1) is 5.92 Å². The van der Waals surface area contributed by atoms with E-state index in [0.717, 1.165) is 5.56 Å². The van der Waals surface area contributed by atoms with Gasteiger partial charge in [0.25, 0.3) is 0 Å². The van der Waals surface area contributed by atoms with E-state index in [-0.39, 0.29) is 10.8 Å². The summed E-state index contributed by atoms with van der Waals surface area (Å²) in [5.74, 6) is -0.103. The van der Waals surface area contributed by atoms with E-state index in [1.54, 1.807) is 6.07 Å². The average molecular weight is 238 g/mol. The largest absolute Gasteiger partial charge is 0.264 e. The summed E-state index contributed by atoms with van der Waals surface area (Å²) in [4.78, 5) is 10.8. The van der Waals surface area contributed by atoms with Crippen LogP contribution in [-0.4, -0.2) is 11.0 Å². The molecule has 1 aliphatic rings. The summed E-state index contributed by atoms with van der Waals surface area (Å²) in [6, 6.07) is 6.82. The fourth-order valence-electron chi connectivity index (χ4n) is 2.14. The van der Waals surface area contributed by atoms with Gasteiger partial charge in [0, 0.05) is 16.4 Å². The molecule has 4 heteroatoms. The molecule has 0 N–H and O–H groups in total. The Bertz CT molecular complexity index is 431. The maximum absolute atomic E-state index is 11.0. The smallest absolute Gasteiger partial charge is 0.223 e. The van der Waals surface area contributed by atoms with Gasteiger partial charge in [-0.2, -0.15) is 0 Å². The monoisotopic (exact) mass is 237 g/mol. The maximum atomic E-state index is 11.0. The molecule has 2 rings (SSSR count). The molecule has 0 fully saturated rings. The molecule has 0 unspecified atom stereocenters. The molecule has 84 valence electrons. The lowest BCUT2D eigenvalue weighted by Crippen LogP contribution is -2.28. The third-order valence-corrected chi connectivity index (χ3v) is 3.32. The van der Waals surface area contributed by atoms with Crippen molar-refractivity contribution >= 4 is 11.6 Å². The molecule has 1 aromatic rings. The Morgan fingerprint density at radius 3 is 2.62 bits per heavy atom. The second-order valence-corrected chi connectivity index (χ2v) is 4.33. The van der Waals surface area contributed by atoms with E-state index in [1.165, 1.54) is 0 Å². The molecule has 0 bridgehead atoms. The normalized spacial score (nSPS) is 24.3. The summed E-state index contributed by atoms with van der Waals surface area (Å²) in [6.45, 7) is 0. The lowest BCUT2D eigenvalue weighted by atomic mass is 9.84. The number of halogens is 1. The summed E-state index contributed by atoms with van der Waals surface area (Å²) >= 11 is 6.08. The zero-order chi connectivity index (χ0) is 11.5. The van der Waals surface area contributed by atoms with E-state index >= 15 is 0 Å². The second-order valence-electron chi connectivity index (χ2n) is 3.92. The standard InChI is InChI=1S/C12H12ClNO2/c13-11-7-3-1-5-9(11)10-6-2-4-8-12(10)14(15)16/h1-5,7,10,12H,6,8H2/t10-,12+/m0/s1. The molecule has 0 saturated carbocycles. The molecule has 0 spiro atoms. The summed E-state index contributed by atoms with van der Waals surface area (Å²) < 4.78 is 0. The Kier molecular flexibility index (Phi) is 3.25. The molecule has 3 nitrogen and oxygen atoms in total. The third kappa shape index (κ3) is 2.09. The van der Waals surface area contributed by atoms with Crippen LogP contribution in [0.15, 0.2) is 36.4 Å². The van der Waals surface area contributed by atoms with Crippen molar-refractivity contribution in [3.05, 3.63) is 57.1 Å². The number of benzene rings is 1. The fourth-order valence-corrected chi connectivity index (χ4v) is 2.42. The van der Waals surface area contributed by atoms with E-state index < -0.39 is 6.04 Å². The van der Waals surface area contributed by atoms with Crippen molar-refractivity contribution in [3.8, 4) is 0 Å². The van der Waals surface area contributed by atoms with Crippen LogP contribution in [0.25, 0.3) is 0 Å². The molecule has 0 amide bonds. The van der Waals surface area contributed by atoms with Crippen LogP contribution in [0.2, 0.25) is 5.02 Å². The van der Waals surface area contributed by atoms with Crippen molar-refractivity contribution in [1.29, 1.82) is 0 Å². The summed E-state index contributed by atoms with van der Waals surface area (Å²) in [5, 5.41) is 11.6. The zero-order valence-electron chi connectivity index (χ0n) is 8.67. The van der Waals surface area contributed by atoms with Crippen LogP contribution in [0, 0.1) is 10.1 Å². The highest BCUT2D eigenvalue weighted by Gasteiger charge is 2.33. The van der Waals surface area contributed by atoms with Crippen LogP contribution in [-0.2, 0) is 0 Å². The average Bonchev–Trinajstić information content (AvgIpc) is 2.29. The highest BCUT2D eigenvalue weighted by Crippen LogP contribution is 2.34. The summed E-state index contributed by atoms with van der Waals surface area (Å²) in [6.07, 6.45) is 5.05.